The number of rotatable bonds is 5. The molecule has 4 heteroatoms. The monoisotopic (exact) mass is 251 g/mol. The van der Waals surface area contributed by atoms with Crippen molar-refractivity contribution in [3.63, 3.8) is 0 Å². The van der Waals surface area contributed by atoms with E-state index in [4.69, 9.17) is 20.8 Å². The molecule has 0 radical (unpaired) electrons. The van der Waals surface area contributed by atoms with Gasteiger partial charge in [-0.05, 0) is 18.2 Å². The third-order valence-electron chi connectivity index (χ3n) is 2.51. The normalized spacial score (nSPS) is 10.5. The lowest BCUT2D eigenvalue weighted by Crippen LogP contribution is -2.13. The van der Waals surface area contributed by atoms with Crippen LogP contribution in [-0.2, 0) is 13.1 Å². The molecule has 1 N–H and O–H groups in total. The predicted molar refractivity (Wildman–Crippen MR) is 67.3 cm³/mol. The van der Waals surface area contributed by atoms with Crippen molar-refractivity contribution in [1.29, 1.82) is 0 Å². The van der Waals surface area contributed by atoms with E-state index in [2.05, 4.69) is 5.32 Å². The van der Waals surface area contributed by atoms with Gasteiger partial charge in [0, 0.05) is 29.2 Å². The van der Waals surface area contributed by atoms with E-state index in [-0.39, 0.29) is 0 Å². The molecule has 0 aliphatic rings. The molecule has 0 fully saturated rings. The standard InChI is InChI=1S/C13H14ClNO2/c1-16-13-4-2-3-12(14)11(13)8-15-7-10-5-6-17-9-10/h2-6,9,15H,7-8H2,1H3. The summed E-state index contributed by atoms with van der Waals surface area (Å²) < 4.78 is 10.3. The Morgan fingerprint density at radius 3 is 2.88 bits per heavy atom. The molecular formula is C13H14ClNO2. The van der Waals surface area contributed by atoms with Gasteiger partial charge in [-0.1, -0.05) is 17.7 Å². The molecule has 2 rings (SSSR count). The van der Waals surface area contributed by atoms with Crippen LogP contribution in [0.2, 0.25) is 5.02 Å². The summed E-state index contributed by atoms with van der Waals surface area (Å²) in [4.78, 5) is 0. The van der Waals surface area contributed by atoms with Gasteiger partial charge in [-0.2, -0.15) is 0 Å². The van der Waals surface area contributed by atoms with Crippen LogP contribution >= 0.6 is 11.6 Å². The van der Waals surface area contributed by atoms with Gasteiger partial charge in [0.1, 0.15) is 5.75 Å². The topological polar surface area (TPSA) is 34.4 Å². The molecule has 1 aromatic heterocycles. The number of benzene rings is 1. The van der Waals surface area contributed by atoms with Gasteiger partial charge in [-0.3, -0.25) is 0 Å². The molecule has 3 nitrogen and oxygen atoms in total. The lowest BCUT2D eigenvalue weighted by Gasteiger charge is -2.10. The van der Waals surface area contributed by atoms with Crippen molar-refractivity contribution in [1.82, 2.24) is 5.32 Å². The Kier molecular flexibility index (Phi) is 4.07. The summed E-state index contributed by atoms with van der Waals surface area (Å²) in [5.41, 5.74) is 2.08. The van der Waals surface area contributed by atoms with Gasteiger partial charge < -0.3 is 14.5 Å². The Balaban J connectivity index is 1.98. The number of nitrogens with one attached hydrogen (secondary N) is 1. The Morgan fingerprint density at radius 2 is 2.18 bits per heavy atom. The molecule has 0 unspecified atom stereocenters. The van der Waals surface area contributed by atoms with Gasteiger partial charge in [-0.15, -0.1) is 0 Å². The van der Waals surface area contributed by atoms with E-state index in [1.807, 2.05) is 24.3 Å². The van der Waals surface area contributed by atoms with Gasteiger partial charge in [0.25, 0.3) is 0 Å². The van der Waals surface area contributed by atoms with E-state index >= 15 is 0 Å². The minimum absolute atomic E-state index is 0.661. The molecule has 1 aromatic carbocycles. The Bertz CT molecular complexity index is 468. The maximum Gasteiger partial charge on any atom is 0.124 e. The Morgan fingerprint density at radius 1 is 1.29 bits per heavy atom. The second kappa shape index (κ2) is 5.75. The van der Waals surface area contributed by atoms with Crippen LogP contribution in [0.5, 0.6) is 5.75 Å². The second-order valence-corrected chi connectivity index (χ2v) is 4.06. The minimum Gasteiger partial charge on any atom is -0.496 e. The number of hydrogen-bond acceptors (Lipinski definition) is 3. The summed E-state index contributed by atoms with van der Waals surface area (Å²) in [5, 5.41) is 4.01. The molecule has 0 saturated heterocycles. The van der Waals surface area contributed by atoms with Crippen LogP contribution in [0.15, 0.2) is 41.2 Å². The summed E-state index contributed by atoms with van der Waals surface area (Å²) in [7, 11) is 1.64. The third kappa shape index (κ3) is 3.02. The van der Waals surface area contributed by atoms with Gasteiger partial charge in [-0.25, -0.2) is 0 Å². The first-order valence-corrected chi connectivity index (χ1v) is 5.72. The average Bonchev–Trinajstić information content (AvgIpc) is 2.84. The van der Waals surface area contributed by atoms with E-state index < -0.39 is 0 Å². The van der Waals surface area contributed by atoms with E-state index in [0.29, 0.717) is 11.6 Å². The first-order chi connectivity index (χ1) is 8.31. The van der Waals surface area contributed by atoms with Gasteiger partial charge in [0.2, 0.25) is 0 Å². The second-order valence-electron chi connectivity index (χ2n) is 3.66. The van der Waals surface area contributed by atoms with E-state index in [1.54, 1.807) is 19.6 Å². The van der Waals surface area contributed by atoms with Crippen LogP contribution in [0, 0.1) is 0 Å². The van der Waals surface area contributed by atoms with Crippen LogP contribution in [0.25, 0.3) is 0 Å². The largest absolute Gasteiger partial charge is 0.496 e. The zero-order valence-corrected chi connectivity index (χ0v) is 10.3. The highest BCUT2D eigenvalue weighted by molar-refractivity contribution is 6.31. The van der Waals surface area contributed by atoms with Crippen molar-refractivity contribution in [3.8, 4) is 5.75 Å². The fourth-order valence-corrected chi connectivity index (χ4v) is 1.86. The van der Waals surface area contributed by atoms with Crippen molar-refractivity contribution in [2.75, 3.05) is 7.11 Å². The summed E-state index contributed by atoms with van der Waals surface area (Å²) >= 11 is 6.13. The molecule has 90 valence electrons. The highest BCUT2D eigenvalue weighted by Crippen LogP contribution is 2.25. The molecule has 1 heterocycles. The van der Waals surface area contributed by atoms with Crippen LogP contribution < -0.4 is 10.1 Å². The highest BCUT2D eigenvalue weighted by atomic mass is 35.5. The molecule has 2 aromatic rings. The van der Waals surface area contributed by atoms with Crippen LogP contribution in [0.3, 0.4) is 0 Å². The molecule has 0 aliphatic carbocycles. The molecule has 0 bridgehead atoms. The van der Waals surface area contributed by atoms with E-state index in [1.165, 1.54) is 0 Å². The average molecular weight is 252 g/mol. The number of hydrogen-bond donors (Lipinski definition) is 1. The summed E-state index contributed by atoms with van der Waals surface area (Å²) in [6.45, 7) is 1.40. The fraction of sp³-hybridized carbons (Fsp3) is 0.231. The maximum absolute atomic E-state index is 6.13. The summed E-state index contributed by atoms with van der Waals surface area (Å²) in [5.74, 6) is 0.803. The molecule has 0 atom stereocenters. The number of ether oxygens (including phenoxy) is 1. The van der Waals surface area contributed by atoms with Crippen LogP contribution in [-0.4, -0.2) is 7.11 Å². The van der Waals surface area contributed by atoms with Crippen LogP contribution in [0.4, 0.5) is 0 Å². The predicted octanol–water partition coefficient (Wildman–Crippen LogP) is 3.23. The zero-order valence-electron chi connectivity index (χ0n) is 9.57. The van der Waals surface area contributed by atoms with Crippen molar-refractivity contribution in [2.45, 2.75) is 13.1 Å². The van der Waals surface area contributed by atoms with Gasteiger partial charge >= 0.3 is 0 Å². The van der Waals surface area contributed by atoms with E-state index in [0.717, 1.165) is 23.4 Å². The van der Waals surface area contributed by atoms with Gasteiger partial charge in [0.15, 0.2) is 0 Å². The highest BCUT2D eigenvalue weighted by Gasteiger charge is 2.06. The van der Waals surface area contributed by atoms with E-state index in [9.17, 15) is 0 Å². The van der Waals surface area contributed by atoms with Crippen molar-refractivity contribution in [3.05, 3.63) is 52.9 Å². The Labute approximate surface area is 105 Å². The summed E-state index contributed by atoms with van der Waals surface area (Å²) in [6, 6.07) is 7.57. The SMILES string of the molecule is COc1cccc(Cl)c1CNCc1ccoc1. The molecule has 0 spiro atoms. The quantitative estimate of drug-likeness (QED) is 0.886. The zero-order chi connectivity index (χ0) is 12.1. The molecular weight excluding hydrogens is 238 g/mol. The number of halogens is 1. The number of methoxy groups -OCH3 is 1. The van der Waals surface area contributed by atoms with Crippen molar-refractivity contribution < 1.29 is 9.15 Å². The Hall–Kier alpha value is -1.45. The third-order valence-corrected chi connectivity index (χ3v) is 2.86. The first kappa shape index (κ1) is 12.0. The lowest BCUT2D eigenvalue weighted by atomic mass is 10.2. The smallest absolute Gasteiger partial charge is 0.124 e. The molecule has 17 heavy (non-hydrogen) atoms. The molecule has 0 amide bonds. The number of furan rings is 1. The minimum atomic E-state index is 0.661. The first-order valence-electron chi connectivity index (χ1n) is 5.34. The fourth-order valence-electron chi connectivity index (χ4n) is 1.63. The van der Waals surface area contributed by atoms with Crippen molar-refractivity contribution in [2.24, 2.45) is 0 Å². The molecule has 0 saturated carbocycles. The molecule has 0 aliphatic heterocycles. The van der Waals surface area contributed by atoms with Gasteiger partial charge in [0.05, 0.1) is 19.6 Å². The lowest BCUT2D eigenvalue weighted by molar-refractivity contribution is 0.407. The maximum atomic E-state index is 6.13. The van der Waals surface area contributed by atoms with Crippen molar-refractivity contribution >= 4 is 11.6 Å². The summed E-state index contributed by atoms with van der Waals surface area (Å²) in [6.07, 6.45) is 3.38. The van der Waals surface area contributed by atoms with Crippen LogP contribution in [0.1, 0.15) is 11.1 Å².